The zero-order chi connectivity index (χ0) is 13.2. The van der Waals surface area contributed by atoms with E-state index in [1.54, 1.807) is 6.20 Å². The van der Waals surface area contributed by atoms with E-state index < -0.39 is 0 Å². The normalized spacial score (nSPS) is 10.6. The van der Waals surface area contributed by atoms with E-state index in [1.165, 1.54) is 16.8 Å². The van der Waals surface area contributed by atoms with Gasteiger partial charge in [-0.05, 0) is 37.1 Å². The van der Waals surface area contributed by atoms with Crippen LogP contribution in [0.1, 0.15) is 11.1 Å². The molecule has 1 aromatic carbocycles. The van der Waals surface area contributed by atoms with Crippen molar-refractivity contribution in [3.63, 3.8) is 0 Å². The first-order valence-electron chi connectivity index (χ1n) is 6.26. The molecule has 94 valence electrons. The van der Waals surface area contributed by atoms with Crippen LogP contribution in [0, 0.1) is 13.8 Å². The van der Waals surface area contributed by atoms with Gasteiger partial charge in [0.2, 0.25) is 0 Å². The molecular formula is C16H15N3. The average molecular weight is 249 g/mol. The molecule has 0 saturated heterocycles. The van der Waals surface area contributed by atoms with Crippen LogP contribution in [0.4, 0.5) is 0 Å². The molecule has 0 unspecified atom stereocenters. The van der Waals surface area contributed by atoms with E-state index >= 15 is 0 Å². The Bertz CT molecular complexity index is 679. The Labute approximate surface area is 112 Å². The molecule has 2 aromatic heterocycles. The quantitative estimate of drug-likeness (QED) is 0.695. The lowest BCUT2D eigenvalue weighted by Crippen LogP contribution is -1.96. The summed E-state index contributed by atoms with van der Waals surface area (Å²) in [4.78, 5) is 8.60. The topological polar surface area (TPSA) is 30.7 Å². The standard InChI is InChI=1S/C16H15N3/c1-12-5-3-6-13(2)16(12)19-10-15(18-11-19)14-7-4-8-17-9-14/h3-11H,1-2H3. The average Bonchev–Trinajstić information content (AvgIpc) is 2.89. The zero-order valence-electron chi connectivity index (χ0n) is 11.0. The Kier molecular flexibility index (Phi) is 2.88. The smallest absolute Gasteiger partial charge is 0.0999 e. The van der Waals surface area contributed by atoms with Crippen LogP contribution < -0.4 is 0 Å². The third-order valence-electron chi connectivity index (χ3n) is 3.24. The maximum Gasteiger partial charge on any atom is 0.0999 e. The lowest BCUT2D eigenvalue weighted by atomic mass is 10.1. The molecule has 3 nitrogen and oxygen atoms in total. The van der Waals surface area contributed by atoms with Crippen molar-refractivity contribution in [1.82, 2.24) is 14.5 Å². The molecule has 0 aliphatic carbocycles. The van der Waals surface area contributed by atoms with Gasteiger partial charge >= 0.3 is 0 Å². The molecular weight excluding hydrogens is 234 g/mol. The highest BCUT2D eigenvalue weighted by atomic mass is 15.0. The summed E-state index contributed by atoms with van der Waals surface area (Å²) in [6.07, 6.45) is 7.51. The summed E-state index contributed by atoms with van der Waals surface area (Å²) in [5.74, 6) is 0. The molecule has 0 amide bonds. The van der Waals surface area contributed by atoms with Gasteiger partial charge in [0.25, 0.3) is 0 Å². The Morgan fingerprint density at radius 2 is 1.79 bits per heavy atom. The van der Waals surface area contributed by atoms with Gasteiger partial charge in [-0.1, -0.05) is 18.2 Å². The van der Waals surface area contributed by atoms with Gasteiger partial charge in [0.1, 0.15) is 0 Å². The summed E-state index contributed by atoms with van der Waals surface area (Å²) in [5.41, 5.74) is 5.67. The van der Waals surface area contributed by atoms with E-state index in [9.17, 15) is 0 Å². The number of imidazole rings is 1. The predicted octanol–water partition coefficient (Wildman–Crippen LogP) is 3.55. The van der Waals surface area contributed by atoms with Crippen LogP contribution in [0.3, 0.4) is 0 Å². The molecule has 2 heterocycles. The summed E-state index contributed by atoms with van der Waals surface area (Å²) in [6.45, 7) is 4.23. The molecule has 0 atom stereocenters. The van der Waals surface area contributed by atoms with Crippen molar-refractivity contribution >= 4 is 0 Å². The summed E-state index contributed by atoms with van der Waals surface area (Å²) in [5, 5.41) is 0. The molecule has 0 aliphatic rings. The summed E-state index contributed by atoms with van der Waals surface area (Å²) in [7, 11) is 0. The maximum absolute atomic E-state index is 4.47. The molecule has 0 N–H and O–H groups in total. The van der Waals surface area contributed by atoms with Crippen LogP contribution in [0.2, 0.25) is 0 Å². The molecule has 0 bridgehead atoms. The number of rotatable bonds is 2. The second-order valence-corrected chi connectivity index (χ2v) is 4.65. The molecule has 0 fully saturated rings. The van der Waals surface area contributed by atoms with E-state index in [-0.39, 0.29) is 0 Å². The van der Waals surface area contributed by atoms with Crippen LogP contribution in [0.25, 0.3) is 16.9 Å². The molecule has 0 radical (unpaired) electrons. The largest absolute Gasteiger partial charge is 0.305 e. The highest BCUT2D eigenvalue weighted by molar-refractivity contribution is 5.58. The first-order valence-corrected chi connectivity index (χ1v) is 6.26. The Hall–Kier alpha value is -2.42. The summed E-state index contributed by atoms with van der Waals surface area (Å²) < 4.78 is 2.08. The van der Waals surface area contributed by atoms with Gasteiger partial charge in [0.15, 0.2) is 0 Å². The van der Waals surface area contributed by atoms with Crippen LogP contribution in [-0.4, -0.2) is 14.5 Å². The molecule has 19 heavy (non-hydrogen) atoms. The van der Waals surface area contributed by atoms with Crippen molar-refractivity contribution in [3.8, 4) is 16.9 Å². The fourth-order valence-electron chi connectivity index (χ4n) is 2.32. The van der Waals surface area contributed by atoms with Gasteiger partial charge in [0.05, 0.1) is 17.7 Å². The van der Waals surface area contributed by atoms with Crippen molar-refractivity contribution in [2.45, 2.75) is 13.8 Å². The molecule has 3 heteroatoms. The van der Waals surface area contributed by atoms with Crippen molar-refractivity contribution in [3.05, 3.63) is 66.4 Å². The fraction of sp³-hybridized carbons (Fsp3) is 0.125. The number of para-hydroxylation sites is 1. The lowest BCUT2D eigenvalue weighted by molar-refractivity contribution is 1.02. The number of hydrogen-bond donors (Lipinski definition) is 0. The van der Waals surface area contributed by atoms with Crippen LogP contribution >= 0.6 is 0 Å². The van der Waals surface area contributed by atoms with E-state index in [0.29, 0.717) is 0 Å². The zero-order valence-corrected chi connectivity index (χ0v) is 11.0. The van der Waals surface area contributed by atoms with Crippen LogP contribution in [-0.2, 0) is 0 Å². The fourth-order valence-corrected chi connectivity index (χ4v) is 2.32. The monoisotopic (exact) mass is 249 g/mol. The highest BCUT2D eigenvalue weighted by Gasteiger charge is 2.07. The van der Waals surface area contributed by atoms with Gasteiger partial charge in [-0.15, -0.1) is 0 Å². The summed E-state index contributed by atoms with van der Waals surface area (Å²) in [6, 6.07) is 10.3. The summed E-state index contributed by atoms with van der Waals surface area (Å²) >= 11 is 0. The van der Waals surface area contributed by atoms with Gasteiger partial charge in [-0.2, -0.15) is 0 Å². The Morgan fingerprint density at radius 1 is 1.00 bits per heavy atom. The highest BCUT2D eigenvalue weighted by Crippen LogP contribution is 2.22. The predicted molar refractivity (Wildman–Crippen MR) is 76.3 cm³/mol. The molecule has 0 saturated carbocycles. The SMILES string of the molecule is Cc1cccc(C)c1-n1cnc(-c2cccnc2)c1. The van der Waals surface area contributed by atoms with E-state index in [4.69, 9.17) is 0 Å². The molecule has 0 spiro atoms. The third kappa shape index (κ3) is 2.15. The second kappa shape index (κ2) is 4.69. The molecule has 0 aliphatic heterocycles. The maximum atomic E-state index is 4.47. The lowest BCUT2D eigenvalue weighted by Gasteiger charge is -2.09. The third-order valence-corrected chi connectivity index (χ3v) is 3.24. The van der Waals surface area contributed by atoms with Gasteiger partial charge < -0.3 is 4.57 Å². The van der Waals surface area contributed by atoms with Crippen molar-refractivity contribution in [2.75, 3.05) is 0 Å². The first-order chi connectivity index (χ1) is 9.25. The van der Waals surface area contributed by atoms with Crippen LogP contribution in [0.15, 0.2) is 55.2 Å². The molecule has 3 aromatic rings. The van der Waals surface area contributed by atoms with Crippen molar-refractivity contribution in [2.24, 2.45) is 0 Å². The number of hydrogen-bond acceptors (Lipinski definition) is 2. The number of aryl methyl sites for hydroxylation is 2. The van der Waals surface area contributed by atoms with E-state index in [1.807, 2.05) is 30.9 Å². The number of pyridine rings is 1. The minimum atomic E-state index is 0.941. The van der Waals surface area contributed by atoms with Crippen molar-refractivity contribution in [1.29, 1.82) is 0 Å². The second-order valence-electron chi connectivity index (χ2n) is 4.65. The Balaban J connectivity index is 2.07. The number of aromatic nitrogens is 3. The van der Waals surface area contributed by atoms with Crippen molar-refractivity contribution < 1.29 is 0 Å². The van der Waals surface area contributed by atoms with E-state index in [0.717, 1.165) is 11.3 Å². The van der Waals surface area contributed by atoms with Crippen LogP contribution in [0.5, 0.6) is 0 Å². The minimum absolute atomic E-state index is 0.941. The number of benzene rings is 1. The van der Waals surface area contributed by atoms with Gasteiger partial charge in [0, 0.05) is 24.2 Å². The molecule has 3 rings (SSSR count). The minimum Gasteiger partial charge on any atom is -0.305 e. The van der Waals surface area contributed by atoms with Gasteiger partial charge in [-0.3, -0.25) is 4.98 Å². The number of nitrogens with zero attached hydrogens (tertiary/aromatic N) is 3. The Morgan fingerprint density at radius 3 is 2.47 bits per heavy atom. The van der Waals surface area contributed by atoms with E-state index in [2.05, 4.69) is 46.6 Å². The van der Waals surface area contributed by atoms with Gasteiger partial charge in [-0.25, -0.2) is 4.98 Å². The first kappa shape index (κ1) is 11.7.